The van der Waals surface area contributed by atoms with Gasteiger partial charge >= 0.3 is 0 Å². The average molecular weight is 336 g/mol. The largest absolute Gasteiger partial charge is 0.488 e. The lowest BCUT2D eigenvalue weighted by atomic mass is 10.1. The number of hydrogen-bond acceptors (Lipinski definition) is 3. The molecule has 1 N–H and O–H groups in total. The number of fused-ring (bicyclic) bond motifs is 1. The van der Waals surface area contributed by atoms with Crippen LogP contribution in [0.3, 0.4) is 0 Å². The van der Waals surface area contributed by atoms with Crippen LogP contribution in [0, 0.1) is 0 Å². The van der Waals surface area contributed by atoms with Gasteiger partial charge < -0.3 is 15.0 Å². The minimum Gasteiger partial charge on any atom is -0.488 e. The highest BCUT2D eigenvalue weighted by molar-refractivity contribution is 6.07. The van der Waals surface area contributed by atoms with E-state index in [9.17, 15) is 4.79 Å². The average Bonchev–Trinajstić information content (AvgIpc) is 2.63. The topological polar surface area (TPSA) is 41.6 Å². The standard InChI is InChI=1S/C21H24N2O2/c1-4-23(15(2)3)19-11-9-18(10-12-19)22-21(24)17-13-16-7-5-6-8-20(16)25-14-17/h5-13,15H,4,14H2,1-3H3,(H,22,24). The second kappa shape index (κ2) is 7.43. The molecule has 0 aliphatic carbocycles. The molecular formula is C21H24N2O2. The molecule has 1 aliphatic rings. The highest BCUT2D eigenvalue weighted by atomic mass is 16.5. The van der Waals surface area contributed by atoms with Gasteiger partial charge in [-0.25, -0.2) is 0 Å². The maximum Gasteiger partial charge on any atom is 0.255 e. The van der Waals surface area contributed by atoms with Crippen LogP contribution in [0.25, 0.3) is 6.08 Å². The molecule has 0 aromatic heterocycles. The minimum absolute atomic E-state index is 0.126. The lowest BCUT2D eigenvalue weighted by Gasteiger charge is -2.27. The molecule has 2 aromatic carbocycles. The maximum atomic E-state index is 12.5. The Morgan fingerprint density at radius 2 is 1.88 bits per heavy atom. The summed E-state index contributed by atoms with van der Waals surface area (Å²) in [4.78, 5) is 14.8. The third-order valence-corrected chi connectivity index (χ3v) is 4.34. The number of amides is 1. The monoisotopic (exact) mass is 336 g/mol. The Balaban J connectivity index is 1.71. The predicted molar refractivity (Wildman–Crippen MR) is 103 cm³/mol. The summed E-state index contributed by atoms with van der Waals surface area (Å²) < 4.78 is 5.65. The van der Waals surface area contributed by atoms with Crippen LogP contribution in [-0.4, -0.2) is 25.1 Å². The van der Waals surface area contributed by atoms with Gasteiger partial charge in [0.25, 0.3) is 5.91 Å². The van der Waals surface area contributed by atoms with Crippen LogP contribution >= 0.6 is 0 Å². The van der Waals surface area contributed by atoms with Crippen LogP contribution < -0.4 is 15.0 Å². The van der Waals surface area contributed by atoms with Gasteiger partial charge in [-0.05, 0) is 57.2 Å². The van der Waals surface area contributed by atoms with E-state index < -0.39 is 0 Å². The molecule has 0 radical (unpaired) electrons. The number of hydrogen-bond donors (Lipinski definition) is 1. The Kier molecular flexibility index (Phi) is 5.08. The number of nitrogens with zero attached hydrogens (tertiary/aromatic N) is 1. The molecule has 0 atom stereocenters. The van der Waals surface area contributed by atoms with E-state index in [1.807, 2.05) is 54.6 Å². The van der Waals surface area contributed by atoms with Crippen molar-refractivity contribution in [2.45, 2.75) is 26.8 Å². The van der Waals surface area contributed by atoms with Crippen molar-refractivity contribution >= 4 is 23.4 Å². The zero-order chi connectivity index (χ0) is 17.8. The van der Waals surface area contributed by atoms with Crippen LogP contribution in [0.2, 0.25) is 0 Å². The molecule has 0 bridgehead atoms. The highest BCUT2D eigenvalue weighted by Gasteiger charge is 2.17. The number of para-hydroxylation sites is 1. The molecule has 0 unspecified atom stereocenters. The number of carbonyl (C=O) groups excluding carboxylic acids is 1. The number of ether oxygens (including phenoxy) is 1. The normalized spacial score (nSPS) is 12.9. The van der Waals surface area contributed by atoms with Crippen molar-refractivity contribution in [2.24, 2.45) is 0 Å². The summed E-state index contributed by atoms with van der Waals surface area (Å²) in [5.41, 5.74) is 3.50. The zero-order valence-corrected chi connectivity index (χ0v) is 15.0. The van der Waals surface area contributed by atoms with E-state index in [0.717, 1.165) is 29.2 Å². The second-order valence-electron chi connectivity index (χ2n) is 6.38. The molecule has 0 spiro atoms. The molecular weight excluding hydrogens is 312 g/mol. The molecule has 1 heterocycles. The van der Waals surface area contributed by atoms with Gasteiger partial charge in [0.15, 0.2) is 0 Å². The van der Waals surface area contributed by atoms with Crippen molar-refractivity contribution in [3.63, 3.8) is 0 Å². The first-order valence-electron chi connectivity index (χ1n) is 8.69. The fourth-order valence-corrected chi connectivity index (χ4v) is 3.04. The molecule has 0 saturated heterocycles. The summed E-state index contributed by atoms with van der Waals surface area (Å²) in [6.07, 6.45) is 1.89. The van der Waals surface area contributed by atoms with E-state index >= 15 is 0 Å². The number of benzene rings is 2. The quantitative estimate of drug-likeness (QED) is 0.883. The highest BCUT2D eigenvalue weighted by Crippen LogP contribution is 2.26. The van der Waals surface area contributed by atoms with Crippen molar-refractivity contribution in [1.82, 2.24) is 0 Å². The zero-order valence-electron chi connectivity index (χ0n) is 15.0. The predicted octanol–water partition coefficient (Wildman–Crippen LogP) is 4.34. The van der Waals surface area contributed by atoms with E-state index in [0.29, 0.717) is 11.6 Å². The van der Waals surface area contributed by atoms with Crippen molar-refractivity contribution in [1.29, 1.82) is 0 Å². The smallest absolute Gasteiger partial charge is 0.255 e. The molecule has 25 heavy (non-hydrogen) atoms. The Hall–Kier alpha value is -2.75. The van der Waals surface area contributed by atoms with Crippen LogP contribution in [-0.2, 0) is 4.79 Å². The van der Waals surface area contributed by atoms with Crippen LogP contribution in [0.1, 0.15) is 26.3 Å². The summed E-state index contributed by atoms with van der Waals surface area (Å²) in [5, 5.41) is 2.95. The maximum absolute atomic E-state index is 12.5. The van der Waals surface area contributed by atoms with Gasteiger partial charge in [-0.2, -0.15) is 0 Å². The third kappa shape index (κ3) is 3.85. The molecule has 3 rings (SSSR count). The van der Waals surface area contributed by atoms with Crippen LogP contribution in [0.5, 0.6) is 5.75 Å². The molecule has 4 nitrogen and oxygen atoms in total. The van der Waals surface area contributed by atoms with Gasteiger partial charge in [-0.15, -0.1) is 0 Å². The van der Waals surface area contributed by atoms with E-state index in [4.69, 9.17) is 4.74 Å². The number of carbonyl (C=O) groups is 1. The van der Waals surface area contributed by atoms with Crippen molar-refractivity contribution in [3.8, 4) is 5.75 Å². The van der Waals surface area contributed by atoms with Gasteiger partial charge in [0.2, 0.25) is 0 Å². The molecule has 0 saturated carbocycles. The number of anilines is 2. The molecule has 4 heteroatoms. The third-order valence-electron chi connectivity index (χ3n) is 4.34. The Morgan fingerprint density at radius 1 is 1.16 bits per heavy atom. The van der Waals surface area contributed by atoms with Crippen molar-refractivity contribution < 1.29 is 9.53 Å². The first-order chi connectivity index (χ1) is 12.1. The van der Waals surface area contributed by atoms with E-state index in [1.165, 1.54) is 0 Å². The van der Waals surface area contributed by atoms with E-state index in [-0.39, 0.29) is 12.5 Å². The summed E-state index contributed by atoms with van der Waals surface area (Å²) in [6.45, 7) is 7.73. The van der Waals surface area contributed by atoms with E-state index in [1.54, 1.807) is 0 Å². The number of rotatable bonds is 5. The summed E-state index contributed by atoms with van der Waals surface area (Å²) in [7, 11) is 0. The molecule has 2 aromatic rings. The molecule has 1 amide bonds. The first-order valence-corrected chi connectivity index (χ1v) is 8.69. The molecule has 0 fully saturated rings. The molecule has 1 aliphatic heterocycles. The number of nitrogens with one attached hydrogen (secondary N) is 1. The lowest BCUT2D eigenvalue weighted by Crippen LogP contribution is -2.30. The fraction of sp³-hybridized carbons (Fsp3) is 0.286. The second-order valence-corrected chi connectivity index (χ2v) is 6.38. The van der Waals surface area contributed by atoms with Crippen molar-refractivity contribution in [3.05, 3.63) is 59.7 Å². The van der Waals surface area contributed by atoms with Crippen molar-refractivity contribution in [2.75, 3.05) is 23.4 Å². The van der Waals surface area contributed by atoms with Crippen LogP contribution in [0.4, 0.5) is 11.4 Å². The molecule has 130 valence electrons. The minimum atomic E-state index is -0.126. The van der Waals surface area contributed by atoms with Gasteiger partial charge in [0, 0.05) is 29.5 Å². The van der Waals surface area contributed by atoms with Gasteiger partial charge in [0.1, 0.15) is 12.4 Å². The van der Waals surface area contributed by atoms with Crippen LogP contribution in [0.15, 0.2) is 54.1 Å². The van der Waals surface area contributed by atoms with E-state index in [2.05, 4.69) is 31.0 Å². The van der Waals surface area contributed by atoms with Gasteiger partial charge in [-0.3, -0.25) is 4.79 Å². The Labute approximate surface area is 149 Å². The summed E-state index contributed by atoms with van der Waals surface area (Å²) in [5.74, 6) is 0.690. The van der Waals surface area contributed by atoms with Gasteiger partial charge in [-0.1, -0.05) is 18.2 Å². The Bertz CT molecular complexity index is 779. The summed E-state index contributed by atoms with van der Waals surface area (Å²) in [6, 6.07) is 16.1. The lowest BCUT2D eigenvalue weighted by molar-refractivity contribution is -0.113. The Morgan fingerprint density at radius 3 is 2.56 bits per heavy atom. The van der Waals surface area contributed by atoms with Gasteiger partial charge in [0.05, 0.1) is 5.57 Å². The SMILES string of the molecule is CCN(c1ccc(NC(=O)C2=Cc3ccccc3OC2)cc1)C(C)C. The first kappa shape index (κ1) is 17.1. The summed E-state index contributed by atoms with van der Waals surface area (Å²) >= 11 is 0. The fourth-order valence-electron chi connectivity index (χ4n) is 3.04.